The van der Waals surface area contributed by atoms with Crippen LogP contribution in [0.2, 0.25) is 0 Å². The van der Waals surface area contributed by atoms with Gasteiger partial charge in [-0.25, -0.2) is 0 Å². The Bertz CT molecular complexity index is 415. The zero-order valence-electron chi connectivity index (χ0n) is 13.1. The Labute approximate surface area is 123 Å². The van der Waals surface area contributed by atoms with Crippen molar-refractivity contribution in [2.24, 2.45) is 0 Å². The Hall–Kier alpha value is -1.48. The first-order valence-corrected chi connectivity index (χ1v) is 7.43. The highest BCUT2D eigenvalue weighted by Crippen LogP contribution is 2.28. The average Bonchev–Trinajstić information content (AvgIpc) is 2.48. The van der Waals surface area contributed by atoms with Crippen molar-refractivity contribution in [1.82, 2.24) is 5.32 Å². The highest BCUT2D eigenvalue weighted by Gasteiger charge is 2.04. The van der Waals surface area contributed by atoms with E-state index in [1.165, 1.54) is 0 Å². The minimum absolute atomic E-state index is 0.372. The maximum atomic E-state index is 5.72. The van der Waals surface area contributed by atoms with E-state index in [2.05, 4.69) is 38.2 Å². The molecule has 0 amide bonds. The molecule has 3 heteroatoms. The first kappa shape index (κ1) is 16.6. The summed E-state index contributed by atoms with van der Waals surface area (Å²) in [6, 6.07) is 6.39. The van der Waals surface area contributed by atoms with E-state index in [0.29, 0.717) is 12.6 Å². The molecule has 0 bridgehead atoms. The molecular weight excluding hydrogens is 250 g/mol. The normalized spacial score (nSPS) is 12.6. The van der Waals surface area contributed by atoms with Crippen LogP contribution in [0.4, 0.5) is 0 Å². The Morgan fingerprint density at radius 2 is 2.00 bits per heavy atom. The molecule has 0 aromatic heterocycles. The van der Waals surface area contributed by atoms with Gasteiger partial charge in [0.1, 0.15) is 0 Å². The molecule has 0 aliphatic carbocycles. The van der Waals surface area contributed by atoms with Crippen molar-refractivity contribution >= 4 is 6.08 Å². The fourth-order valence-electron chi connectivity index (χ4n) is 1.82. The fraction of sp³-hybridized carbons (Fsp3) is 0.529. The lowest BCUT2D eigenvalue weighted by Crippen LogP contribution is -2.24. The van der Waals surface area contributed by atoms with Crippen LogP contribution in [0.15, 0.2) is 24.3 Å². The zero-order valence-corrected chi connectivity index (χ0v) is 13.1. The third kappa shape index (κ3) is 5.66. The topological polar surface area (TPSA) is 30.5 Å². The number of nitrogens with one attached hydrogen (secondary N) is 1. The van der Waals surface area contributed by atoms with Crippen LogP contribution >= 0.6 is 0 Å². The van der Waals surface area contributed by atoms with E-state index in [9.17, 15) is 0 Å². The molecule has 1 atom stereocenters. The Kier molecular flexibility index (Phi) is 7.81. The monoisotopic (exact) mass is 277 g/mol. The quantitative estimate of drug-likeness (QED) is 0.743. The van der Waals surface area contributed by atoms with Crippen molar-refractivity contribution in [2.45, 2.75) is 39.7 Å². The summed E-state index contributed by atoms with van der Waals surface area (Å²) in [5, 5.41) is 3.43. The summed E-state index contributed by atoms with van der Waals surface area (Å²) in [5.41, 5.74) is 1.13. The van der Waals surface area contributed by atoms with E-state index in [1.54, 1.807) is 7.11 Å². The van der Waals surface area contributed by atoms with Crippen molar-refractivity contribution in [3.63, 3.8) is 0 Å². The summed E-state index contributed by atoms with van der Waals surface area (Å²) in [7, 11) is 1.67. The lowest BCUT2D eigenvalue weighted by atomic mass is 10.1. The van der Waals surface area contributed by atoms with Crippen molar-refractivity contribution in [1.29, 1.82) is 0 Å². The van der Waals surface area contributed by atoms with Gasteiger partial charge in [0.15, 0.2) is 11.5 Å². The van der Waals surface area contributed by atoms with Gasteiger partial charge < -0.3 is 14.8 Å². The molecule has 0 spiro atoms. The van der Waals surface area contributed by atoms with Crippen molar-refractivity contribution < 1.29 is 9.47 Å². The lowest BCUT2D eigenvalue weighted by Gasteiger charge is -2.11. The molecule has 1 N–H and O–H groups in total. The van der Waals surface area contributed by atoms with Gasteiger partial charge in [0.05, 0.1) is 13.7 Å². The van der Waals surface area contributed by atoms with Gasteiger partial charge in [-0.3, -0.25) is 0 Å². The second-order valence-electron chi connectivity index (χ2n) is 4.86. The van der Waals surface area contributed by atoms with Crippen LogP contribution in [0, 0.1) is 0 Å². The number of hydrogen-bond acceptors (Lipinski definition) is 3. The predicted octanol–water partition coefficient (Wildman–Crippen LogP) is 3.89. The molecule has 112 valence electrons. The molecule has 1 rings (SSSR count). The number of ether oxygens (including phenoxy) is 2. The largest absolute Gasteiger partial charge is 0.493 e. The summed E-state index contributed by atoms with van der Waals surface area (Å²) in [6.07, 6.45) is 6.42. The maximum absolute atomic E-state index is 5.72. The molecule has 0 aliphatic heterocycles. The van der Waals surface area contributed by atoms with Gasteiger partial charge in [-0.2, -0.15) is 0 Å². The van der Waals surface area contributed by atoms with Gasteiger partial charge in [0, 0.05) is 6.04 Å². The van der Waals surface area contributed by atoms with Crippen LogP contribution in [0.5, 0.6) is 11.5 Å². The van der Waals surface area contributed by atoms with Crippen LogP contribution in [0.1, 0.15) is 39.2 Å². The van der Waals surface area contributed by atoms with E-state index >= 15 is 0 Å². The molecule has 0 heterocycles. The van der Waals surface area contributed by atoms with Crippen LogP contribution < -0.4 is 14.8 Å². The Balaban J connectivity index is 2.72. The minimum atomic E-state index is 0.372. The van der Waals surface area contributed by atoms with E-state index in [0.717, 1.165) is 36.4 Å². The molecule has 3 nitrogen and oxygen atoms in total. The van der Waals surface area contributed by atoms with Gasteiger partial charge in [-0.15, -0.1) is 0 Å². The smallest absolute Gasteiger partial charge is 0.161 e. The summed E-state index contributed by atoms with van der Waals surface area (Å²) in [6.45, 7) is 8.17. The highest BCUT2D eigenvalue weighted by atomic mass is 16.5. The second kappa shape index (κ2) is 9.43. The van der Waals surface area contributed by atoms with E-state index in [1.807, 2.05) is 18.2 Å². The van der Waals surface area contributed by atoms with Crippen LogP contribution in [-0.2, 0) is 0 Å². The van der Waals surface area contributed by atoms with Gasteiger partial charge in [0.2, 0.25) is 0 Å². The van der Waals surface area contributed by atoms with Crippen molar-refractivity contribution in [3.8, 4) is 11.5 Å². The molecule has 1 aromatic carbocycles. The second-order valence-corrected chi connectivity index (χ2v) is 4.86. The van der Waals surface area contributed by atoms with Crippen LogP contribution in [0.25, 0.3) is 6.08 Å². The zero-order chi connectivity index (χ0) is 14.8. The fourth-order valence-corrected chi connectivity index (χ4v) is 1.82. The summed E-state index contributed by atoms with van der Waals surface area (Å²) in [5.74, 6) is 1.60. The molecule has 20 heavy (non-hydrogen) atoms. The molecule has 0 saturated heterocycles. The number of rotatable bonds is 9. The van der Waals surface area contributed by atoms with Crippen LogP contribution in [0.3, 0.4) is 0 Å². The molecule has 1 aromatic rings. The van der Waals surface area contributed by atoms with E-state index in [4.69, 9.17) is 9.47 Å². The Morgan fingerprint density at radius 1 is 1.20 bits per heavy atom. The molecular formula is C17H27NO2. The van der Waals surface area contributed by atoms with Gasteiger partial charge in [-0.05, 0) is 44.0 Å². The van der Waals surface area contributed by atoms with Crippen LogP contribution in [-0.4, -0.2) is 26.3 Å². The van der Waals surface area contributed by atoms with Gasteiger partial charge in [-0.1, -0.05) is 32.1 Å². The summed E-state index contributed by atoms with van der Waals surface area (Å²) < 4.78 is 11.0. The first-order valence-electron chi connectivity index (χ1n) is 7.43. The van der Waals surface area contributed by atoms with Crippen molar-refractivity contribution in [3.05, 3.63) is 29.8 Å². The van der Waals surface area contributed by atoms with Crippen molar-refractivity contribution in [2.75, 3.05) is 20.3 Å². The number of hydrogen-bond donors (Lipinski definition) is 1. The Morgan fingerprint density at radius 3 is 2.65 bits per heavy atom. The van der Waals surface area contributed by atoms with E-state index in [-0.39, 0.29) is 0 Å². The minimum Gasteiger partial charge on any atom is -0.493 e. The summed E-state index contributed by atoms with van der Waals surface area (Å²) >= 11 is 0. The SMILES string of the molecule is CCCNC(C)/C=C/c1ccc(OC)c(OCCC)c1. The average molecular weight is 277 g/mol. The predicted molar refractivity (Wildman–Crippen MR) is 85.6 cm³/mol. The number of benzene rings is 1. The molecule has 0 aliphatic rings. The summed E-state index contributed by atoms with van der Waals surface area (Å²) in [4.78, 5) is 0. The highest BCUT2D eigenvalue weighted by molar-refractivity contribution is 5.56. The van der Waals surface area contributed by atoms with Gasteiger partial charge in [0.25, 0.3) is 0 Å². The first-order chi connectivity index (χ1) is 9.71. The maximum Gasteiger partial charge on any atom is 0.161 e. The molecule has 0 fully saturated rings. The van der Waals surface area contributed by atoms with Gasteiger partial charge >= 0.3 is 0 Å². The van der Waals surface area contributed by atoms with E-state index < -0.39 is 0 Å². The lowest BCUT2D eigenvalue weighted by molar-refractivity contribution is 0.294. The third-order valence-corrected chi connectivity index (χ3v) is 2.94. The standard InChI is InChI=1S/C17H27NO2/c1-5-11-18-14(3)7-8-15-9-10-16(19-4)17(13-15)20-12-6-2/h7-10,13-14,18H,5-6,11-12H2,1-4H3/b8-7+. The molecule has 1 unspecified atom stereocenters. The molecule has 0 radical (unpaired) electrons. The molecule has 0 saturated carbocycles. The third-order valence-electron chi connectivity index (χ3n) is 2.94. The number of methoxy groups -OCH3 is 1.